The number of esters is 1. The maximum Gasteiger partial charge on any atom is 0.309 e. The monoisotopic (exact) mass is 513 g/mol. The van der Waals surface area contributed by atoms with E-state index >= 15 is 0 Å². The van der Waals surface area contributed by atoms with Gasteiger partial charge in [-0.3, -0.25) is 9.59 Å². The molecule has 0 amide bonds. The number of aliphatic hydroxyl groups is 2. The predicted octanol–water partition coefficient (Wildman–Crippen LogP) is 3.77. The van der Waals surface area contributed by atoms with E-state index in [1.807, 2.05) is 13.8 Å². The Morgan fingerprint density at radius 2 is 2.00 bits per heavy atom. The number of aliphatic hydroxyl groups excluding tert-OH is 2. The average molecular weight is 514 g/mol. The Balaban J connectivity index is 1.57. The number of carbonyl (C=O) groups is 2. The summed E-state index contributed by atoms with van der Waals surface area (Å²) >= 11 is 0. The predicted molar refractivity (Wildman–Crippen MR) is 136 cm³/mol. The van der Waals surface area contributed by atoms with Crippen LogP contribution in [0.1, 0.15) is 83.2 Å². The van der Waals surface area contributed by atoms with E-state index in [0.717, 1.165) is 25.7 Å². The minimum absolute atomic E-state index is 0.0826. The van der Waals surface area contributed by atoms with Crippen LogP contribution in [0.5, 0.6) is 0 Å². The van der Waals surface area contributed by atoms with Gasteiger partial charge in [0.2, 0.25) is 0 Å². The van der Waals surface area contributed by atoms with E-state index in [4.69, 9.17) is 20.3 Å². The van der Waals surface area contributed by atoms with Gasteiger partial charge in [-0.05, 0) is 50.7 Å². The Morgan fingerprint density at radius 3 is 2.62 bits per heavy atom. The summed E-state index contributed by atoms with van der Waals surface area (Å²) in [5.74, 6) is 1.33. The number of fused-ring (bicyclic) bond motifs is 1. The van der Waals surface area contributed by atoms with Crippen molar-refractivity contribution in [1.82, 2.24) is 4.98 Å². The highest BCUT2D eigenvalue weighted by molar-refractivity contribution is 5.90. The second-order valence-electron chi connectivity index (χ2n) is 11.3. The topological polar surface area (TPSA) is 122 Å². The van der Waals surface area contributed by atoms with Gasteiger partial charge in [-0.25, -0.2) is 4.98 Å². The minimum Gasteiger partial charge on any atom is -0.458 e. The molecule has 1 aromatic heterocycles. The maximum atomic E-state index is 13.7. The molecule has 1 saturated carbocycles. The number of aryl methyl sites for hydroxylation is 1. The summed E-state index contributed by atoms with van der Waals surface area (Å²) in [6.07, 6.45) is 12.1. The lowest BCUT2D eigenvalue weighted by atomic mass is 9.58. The van der Waals surface area contributed by atoms with Crippen molar-refractivity contribution in [3.8, 4) is 12.3 Å². The van der Waals surface area contributed by atoms with Gasteiger partial charge in [-0.2, -0.15) is 0 Å². The molecule has 3 heterocycles. The number of cyclic esters (lactones) is 1. The maximum absolute atomic E-state index is 13.7. The van der Waals surface area contributed by atoms with Crippen LogP contribution in [0.4, 0.5) is 0 Å². The summed E-state index contributed by atoms with van der Waals surface area (Å²) in [6, 6.07) is 0. The number of hydrogen-bond donors (Lipinski definition) is 2. The lowest BCUT2D eigenvalue weighted by Gasteiger charge is -2.46. The van der Waals surface area contributed by atoms with Gasteiger partial charge in [0.05, 0.1) is 41.7 Å². The number of oxazole rings is 1. The van der Waals surface area contributed by atoms with Crippen LogP contribution in [0.25, 0.3) is 6.08 Å². The number of ketones is 1. The molecule has 8 heteroatoms. The summed E-state index contributed by atoms with van der Waals surface area (Å²) in [5, 5.41) is 22.3. The van der Waals surface area contributed by atoms with E-state index in [1.165, 1.54) is 6.26 Å². The van der Waals surface area contributed by atoms with Gasteiger partial charge >= 0.3 is 5.97 Å². The molecule has 1 aromatic rings. The second-order valence-corrected chi connectivity index (χ2v) is 11.3. The molecular formula is C29H39NO7. The molecule has 37 heavy (non-hydrogen) atoms. The third-order valence-electron chi connectivity index (χ3n) is 8.62. The molecule has 4 rings (SSSR count). The zero-order chi connectivity index (χ0) is 26.8. The fourth-order valence-corrected chi connectivity index (χ4v) is 5.93. The van der Waals surface area contributed by atoms with Gasteiger partial charge < -0.3 is 24.1 Å². The number of Topliss-reactive ketones (excluding diaryl/α,β-unsaturated/α-hetero) is 1. The lowest BCUT2D eigenvalue weighted by molar-refractivity contribution is -0.161. The lowest BCUT2D eigenvalue weighted by Crippen LogP contribution is -2.53. The van der Waals surface area contributed by atoms with Crippen molar-refractivity contribution in [2.45, 2.75) is 109 Å². The number of terminal acetylenes is 1. The number of epoxide rings is 1. The summed E-state index contributed by atoms with van der Waals surface area (Å²) in [5.41, 5.74) is -0.805. The molecule has 202 valence electrons. The van der Waals surface area contributed by atoms with Crippen LogP contribution in [0.3, 0.4) is 0 Å². The van der Waals surface area contributed by atoms with E-state index in [1.54, 1.807) is 19.1 Å². The molecular weight excluding hydrogens is 474 g/mol. The molecule has 0 bridgehead atoms. The molecule has 3 fully saturated rings. The van der Waals surface area contributed by atoms with Crippen molar-refractivity contribution in [1.29, 1.82) is 0 Å². The van der Waals surface area contributed by atoms with E-state index in [9.17, 15) is 19.8 Å². The first-order valence-electron chi connectivity index (χ1n) is 13.4. The Hall–Kier alpha value is -2.47. The van der Waals surface area contributed by atoms with Gasteiger partial charge in [0, 0.05) is 19.8 Å². The van der Waals surface area contributed by atoms with E-state index < -0.39 is 35.6 Å². The van der Waals surface area contributed by atoms with Crippen molar-refractivity contribution >= 4 is 17.8 Å². The first-order valence-corrected chi connectivity index (χ1v) is 13.4. The van der Waals surface area contributed by atoms with E-state index in [0.29, 0.717) is 30.8 Å². The van der Waals surface area contributed by atoms with Crippen LogP contribution in [0.15, 0.2) is 16.8 Å². The highest BCUT2D eigenvalue weighted by atomic mass is 16.6. The molecule has 8 nitrogen and oxygen atoms in total. The third kappa shape index (κ3) is 6.00. The van der Waals surface area contributed by atoms with Crippen LogP contribution in [0.2, 0.25) is 0 Å². The first kappa shape index (κ1) is 27.6. The fourth-order valence-electron chi connectivity index (χ4n) is 5.93. The molecule has 1 aliphatic carbocycles. The van der Waals surface area contributed by atoms with E-state index in [2.05, 4.69) is 10.9 Å². The molecule has 0 aromatic carbocycles. The van der Waals surface area contributed by atoms with Gasteiger partial charge in [0.15, 0.2) is 5.89 Å². The van der Waals surface area contributed by atoms with Crippen molar-refractivity contribution in [3.63, 3.8) is 0 Å². The zero-order valence-electron chi connectivity index (χ0n) is 22.0. The van der Waals surface area contributed by atoms with Crippen LogP contribution >= 0.6 is 0 Å². The molecule has 2 aliphatic heterocycles. The van der Waals surface area contributed by atoms with Crippen LogP contribution in [-0.2, 0) is 19.1 Å². The number of rotatable bonds is 3. The summed E-state index contributed by atoms with van der Waals surface area (Å²) in [7, 11) is 0. The van der Waals surface area contributed by atoms with Crippen molar-refractivity contribution in [2.75, 3.05) is 0 Å². The molecule has 2 saturated heterocycles. The number of nitrogens with zero attached hydrogens (tertiary/aromatic N) is 1. The standard InChI is InChI=1S/C29H39NO7/c1-5-8-22-26(33)18(2)9-6-12-28(4)24(37-28)15-21(11-10-20-17-35-19(3)30-20)36-25(32)16-23(31)29(27(22)34)13-7-14-29/h1,10-11,17-18,21-24,26,31,33H,6-9,12-16H2,2-4H3/b11-10+. The zero-order valence-corrected chi connectivity index (χ0v) is 22.0. The van der Waals surface area contributed by atoms with Crippen molar-refractivity contribution < 1.29 is 33.7 Å². The van der Waals surface area contributed by atoms with Crippen LogP contribution in [0, 0.1) is 36.5 Å². The highest BCUT2D eigenvalue weighted by Crippen LogP contribution is 2.49. The molecule has 0 radical (unpaired) electrons. The quantitative estimate of drug-likeness (QED) is 0.356. The van der Waals surface area contributed by atoms with Gasteiger partial charge in [0.25, 0.3) is 0 Å². The van der Waals surface area contributed by atoms with Gasteiger partial charge in [-0.1, -0.05) is 19.8 Å². The van der Waals surface area contributed by atoms with Crippen molar-refractivity contribution in [3.05, 3.63) is 23.9 Å². The van der Waals surface area contributed by atoms with Crippen LogP contribution < -0.4 is 0 Å². The third-order valence-corrected chi connectivity index (χ3v) is 8.62. The normalized spacial score (nSPS) is 37.0. The van der Waals surface area contributed by atoms with Gasteiger partial charge in [-0.15, -0.1) is 12.3 Å². The minimum atomic E-state index is -1.21. The molecule has 3 aliphatic rings. The Labute approximate surface area is 218 Å². The number of aromatic nitrogens is 1. The van der Waals surface area contributed by atoms with Crippen molar-refractivity contribution in [2.24, 2.45) is 17.3 Å². The van der Waals surface area contributed by atoms with Gasteiger partial charge in [0.1, 0.15) is 23.8 Å². The largest absolute Gasteiger partial charge is 0.458 e. The smallest absolute Gasteiger partial charge is 0.309 e. The molecule has 7 unspecified atom stereocenters. The summed E-state index contributed by atoms with van der Waals surface area (Å²) < 4.78 is 17.1. The fraction of sp³-hybridized carbons (Fsp3) is 0.690. The first-order chi connectivity index (χ1) is 17.6. The summed E-state index contributed by atoms with van der Waals surface area (Å²) in [4.78, 5) is 31.0. The Kier molecular flexibility index (Phi) is 8.27. The average Bonchev–Trinajstić information content (AvgIpc) is 3.23. The highest BCUT2D eigenvalue weighted by Gasteiger charge is 2.55. The SMILES string of the molecule is C#CCC1C(=O)C2(CCC2)C(O)CC(=O)OC(/C=C/c2coc(C)n2)CC2OC2(C)CCCC(C)C1O. The summed E-state index contributed by atoms with van der Waals surface area (Å²) in [6.45, 7) is 5.73. The Bertz CT molecular complexity index is 1050. The Morgan fingerprint density at radius 1 is 1.24 bits per heavy atom. The number of carbonyl (C=O) groups excluding carboxylic acids is 2. The molecule has 1 spiro atoms. The molecule has 2 N–H and O–H groups in total. The van der Waals surface area contributed by atoms with Crippen LogP contribution in [-0.4, -0.2) is 57.0 Å². The molecule has 7 atom stereocenters. The number of hydrogen-bond acceptors (Lipinski definition) is 8. The number of ether oxygens (including phenoxy) is 2. The van der Waals surface area contributed by atoms with E-state index in [-0.39, 0.29) is 36.2 Å². The second kappa shape index (κ2) is 11.1.